The Balaban J connectivity index is 4.85. The summed E-state index contributed by atoms with van der Waals surface area (Å²) in [6, 6.07) is 0. The number of rotatable bonds is 3. The Labute approximate surface area is 83.2 Å². The van der Waals surface area contributed by atoms with Crippen molar-refractivity contribution >= 4 is 11.9 Å². The summed E-state index contributed by atoms with van der Waals surface area (Å²) >= 11 is 0. The van der Waals surface area contributed by atoms with E-state index in [0.717, 1.165) is 0 Å². The summed E-state index contributed by atoms with van der Waals surface area (Å²) in [5.41, 5.74) is 0.527. The quantitative estimate of drug-likeness (QED) is 0.395. The van der Waals surface area contributed by atoms with Crippen LogP contribution in [-0.4, -0.2) is 11.9 Å². The van der Waals surface area contributed by atoms with Crippen LogP contribution in [0.25, 0.3) is 0 Å². The molecule has 0 N–H and O–H groups in total. The molecular weight excluding hydrogens is 184 g/mol. The number of hydrogen-bond donors (Lipinski definition) is 0. The molecule has 0 aliphatic carbocycles. The summed E-state index contributed by atoms with van der Waals surface area (Å²) in [5.74, 6) is -0.504. The minimum absolute atomic E-state index is 0.202. The molecule has 0 aromatic carbocycles. The van der Waals surface area contributed by atoms with Gasteiger partial charge < -0.3 is 9.47 Å². The molecule has 0 atom stereocenters. The standard InChI is InChI=1S/C10H14O4/c1-6(2)10(14-9(5)12)7(3)13-8(4)11/h1H2,2-5H3/b10-7+. The highest BCUT2D eigenvalue weighted by atomic mass is 16.6. The molecule has 78 valence electrons. The minimum atomic E-state index is -0.477. The molecule has 4 heteroatoms. The highest BCUT2D eigenvalue weighted by Crippen LogP contribution is 2.15. The summed E-state index contributed by atoms with van der Waals surface area (Å²) in [7, 11) is 0. The molecule has 0 aromatic rings. The smallest absolute Gasteiger partial charge is 0.308 e. The maximum absolute atomic E-state index is 10.7. The van der Waals surface area contributed by atoms with Gasteiger partial charge >= 0.3 is 11.9 Å². The number of esters is 2. The summed E-state index contributed by atoms with van der Waals surface area (Å²) in [6.07, 6.45) is 0. The van der Waals surface area contributed by atoms with Crippen molar-refractivity contribution in [3.63, 3.8) is 0 Å². The van der Waals surface area contributed by atoms with E-state index < -0.39 is 11.9 Å². The molecule has 14 heavy (non-hydrogen) atoms. The molecule has 0 bridgehead atoms. The highest BCUT2D eigenvalue weighted by molar-refractivity contribution is 5.69. The van der Waals surface area contributed by atoms with Crippen LogP contribution < -0.4 is 0 Å². The van der Waals surface area contributed by atoms with Crippen LogP contribution >= 0.6 is 0 Å². The minimum Gasteiger partial charge on any atom is -0.428 e. The molecule has 0 amide bonds. The molecule has 0 heterocycles. The van der Waals surface area contributed by atoms with Crippen molar-refractivity contribution in [2.24, 2.45) is 0 Å². The average Bonchev–Trinajstić information content (AvgIpc) is 1.97. The first-order chi connectivity index (χ1) is 6.34. The topological polar surface area (TPSA) is 52.6 Å². The molecule has 0 saturated heterocycles. The Morgan fingerprint density at radius 1 is 0.929 bits per heavy atom. The van der Waals surface area contributed by atoms with Crippen molar-refractivity contribution < 1.29 is 19.1 Å². The maximum atomic E-state index is 10.7. The lowest BCUT2D eigenvalue weighted by Crippen LogP contribution is -2.06. The van der Waals surface area contributed by atoms with E-state index in [1.54, 1.807) is 6.92 Å². The van der Waals surface area contributed by atoms with E-state index in [0.29, 0.717) is 5.57 Å². The van der Waals surface area contributed by atoms with E-state index in [-0.39, 0.29) is 11.5 Å². The van der Waals surface area contributed by atoms with Gasteiger partial charge in [0, 0.05) is 13.8 Å². The van der Waals surface area contributed by atoms with Crippen LogP contribution in [0, 0.1) is 0 Å². The third kappa shape index (κ3) is 4.45. The first-order valence-electron chi connectivity index (χ1n) is 4.08. The van der Waals surface area contributed by atoms with Gasteiger partial charge in [-0.15, -0.1) is 0 Å². The number of carbonyl (C=O) groups is 2. The van der Waals surface area contributed by atoms with Gasteiger partial charge in [-0.3, -0.25) is 9.59 Å². The van der Waals surface area contributed by atoms with Gasteiger partial charge in [0.05, 0.1) is 0 Å². The Kier molecular flexibility index (Phi) is 4.63. The molecule has 0 radical (unpaired) electrons. The molecule has 0 fully saturated rings. The lowest BCUT2D eigenvalue weighted by atomic mass is 10.2. The van der Waals surface area contributed by atoms with Crippen molar-refractivity contribution in [3.8, 4) is 0 Å². The zero-order chi connectivity index (χ0) is 11.3. The van der Waals surface area contributed by atoms with E-state index in [9.17, 15) is 9.59 Å². The lowest BCUT2D eigenvalue weighted by molar-refractivity contribution is -0.140. The first-order valence-corrected chi connectivity index (χ1v) is 4.08. The second-order valence-electron chi connectivity index (χ2n) is 2.85. The Morgan fingerprint density at radius 2 is 1.36 bits per heavy atom. The Hall–Kier alpha value is -1.58. The van der Waals surface area contributed by atoms with E-state index in [4.69, 9.17) is 9.47 Å². The third-order valence-corrected chi connectivity index (χ3v) is 1.25. The fourth-order valence-electron chi connectivity index (χ4n) is 0.865. The van der Waals surface area contributed by atoms with Crippen molar-refractivity contribution in [3.05, 3.63) is 23.7 Å². The van der Waals surface area contributed by atoms with Gasteiger partial charge in [-0.25, -0.2) is 0 Å². The van der Waals surface area contributed by atoms with Gasteiger partial charge in [0.1, 0.15) is 5.76 Å². The van der Waals surface area contributed by atoms with Gasteiger partial charge in [-0.1, -0.05) is 6.58 Å². The third-order valence-electron chi connectivity index (χ3n) is 1.25. The van der Waals surface area contributed by atoms with Gasteiger partial charge in [0.15, 0.2) is 5.76 Å². The van der Waals surface area contributed by atoms with E-state index >= 15 is 0 Å². The zero-order valence-corrected chi connectivity index (χ0v) is 8.84. The van der Waals surface area contributed by atoms with E-state index in [1.807, 2.05) is 0 Å². The number of hydrogen-bond acceptors (Lipinski definition) is 4. The summed E-state index contributed by atoms with van der Waals surface area (Å²) in [4.78, 5) is 21.4. The zero-order valence-electron chi connectivity index (χ0n) is 8.84. The Morgan fingerprint density at radius 3 is 1.64 bits per heavy atom. The molecule has 0 aliphatic rings. The average molecular weight is 198 g/mol. The van der Waals surface area contributed by atoms with Crippen molar-refractivity contribution in [2.45, 2.75) is 27.7 Å². The lowest BCUT2D eigenvalue weighted by Gasteiger charge is -2.10. The molecule has 0 rings (SSSR count). The van der Waals surface area contributed by atoms with Crippen LogP contribution in [0.2, 0.25) is 0 Å². The fourth-order valence-corrected chi connectivity index (χ4v) is 0.865. The predicted molar refractivity (Wildman–Crippen MR) is 51.0 cm³/mol. The van der Waals surface area contributed by atoms with Crippen molar-refractivity contribution in [1.82, 2.24) is 0 Å². The molecule has 0 saturated carbocycles. The summed E-state index contributed by atoms with van der Waals surface area (Å²) in [6.45, 7) is 9.34. The van der Waals surface area contributed by atoms with Gasteiger partial charge in [0.25, 0.3) is 0 Å². The van der Waals surface area contributed by atoms with Gasteiger partial charge in [-0.2, -0.15) is 0 Å². The Bertz CT molecular complexity index is 299. The maximum Gasteiger partial charge on any atom is 0.308 e. The molecule has 0 spiro atoms. The van der Waals surface area contributed by atoms with Crippen molar-refractivity contribution in [1.29, 1.82) is 0 Å². The highest BCUT2D eigenvalue weighted by Gasteiger charge is 2.10. The van der Waals surface area contributed by atoms with Crippen LogP contribution in [0.4, 0.5) is 0 Å². The normalized spacial score (nSPS) is 11.4. The van der Waals surface area contributed by atoms with Crippen LogP contribution in [-0.2, 0) is 19.1 Å². The molecule has 0 unspecified atom stereocenters. The number of allylic oxidation sites excluding steroid dienone is 2. The van der Waals surface area contributed by atoms with E-state index in [2.05, 4.69) is 6.58 Å². The second-order valence-corrected chi connectivity index (χ2v) is 2.85. The second kappa shape index (κ2) is 5.21. The largest absolute Gasteiger partial charge is 0.428 e. The predicted octanol–water partition coefficient (Wildman–Crippen LogP) is 1.92. The molecule has 0 aromatic heterocycles. The van der Waals surface area contributed by atoms with Crippen molar-refractivity contribution in [2.75, 3.05) is 0 Å². The first kappa shape index (κ1) is 12.4. The summed E-state index contributed by atoms with van der Waals surface area (Å²) < 4.78 is 9.62. The van der Waals surface area contributed by atoms with E-state index in [1.165, 1.54) is 20.8 Å². The molecule has 4 nitrogen and oxygen atoms in total. The van der Waals surface area contributed by atoms with Crippen LogP contribution in [0.3, 0.4) is 0 Å². The SMILES string of the molecule is C=C(C)/C(OC(C)=O)=C(/C)OC(C)=O. The van der Waals surface area contributed by atoms with Crippen LogP contribution in [0.1, 0.15) is 27.7 Å². The fraction of sp³-hybridized carbons (Fsp3) is 0.400. The van der Waals surface area contributed by atoms with Gasteiger partial charge in [-0.05, 0) is 19.4 Å². The monoisotopic (exact) mass is 198 g/mol. The molecular formula is C10H14O4. The molecule has 0 aliphatic heterocycles. The van der Waals surface area contributed by atoms with Gasteiger partial charge in [0.2, 0.25) is 0 Å². The van der Waals surface area contributed by atoms with Crippen LogP contribution in [0.5, 0.6) is 0 Å². The van der Waals surface area contributed by atoms with Crippen LogP contribution in [0.15, 0.2) is 23.7 Å². The number of ether oxygens (including phenoxy) is 2. The number of carbonyl (C=O) groups excluding carboxylic acids is 2. The summed E-state index contributed by atoms with van der Waals surface area (Å²) in [5, 5.41) is 0.